The number of anilines is 1. The van der Waals surface area contributed by atoms with Crippen molar-refractivity contribution in [3.05, 3.63) is 56.4 Å². The second kappa shape index (κ2) is 10.5. The van der Waals surface area contributed by atoms with Crippen LogP contribution >= 0.6 is 28.6 Å². The Balaban J connectivity index is 0.00000208. The molecule has 1 heterocycles. The number of hydrogen-bond donors (Lipinski definition) is 5. The van der Waals surface area contributed by atoms with Gasteiger partial charge in [-0.3, -0.25) is 10.2 Å². The minimum atomic E-state index is -0.256. The van der Waals surface area contributed by atoms with E-state index < -0.39 is 0 Å². The van der Waals surface area contributed by atoms with E-state index in [2.05, 4.69) is 38.9 Å². The summed E-state index contributed by atoms with van der Waals surface area (Å²) < 4.78 is 0.773. The van der Waals surface area contributed by atoms with Crippen molar-refractivity contribution in [2.45, 2.75) is 36.6 Å². The van der Waals surface area contributed by atoms with Gasteiger partial charge in [0.05, 0.1) is 21.4 Å². The number of halogens is 1. The number of hydrogen-bond acceptors (Lipinski definition) is 5. The summed E-state index contributed by atoms with van der Waals surface area (Å²) in [5.74, 6) is 0. The van der Waals surface area contributed by atoms with Crippen LogP contribution in [0.1, 0.15) is 36.8 Å². The van der Waals surface area contributed by atoms with Crippen LogP contribution in [0, 0.1) is 5.41 Å². The highest BCUT2D eigenvalue weighted by atomic mass is 79.9. The zero-order chi connectivity index (χ0) is 16.4. The molecule has 0 radical (unpaired) electrons. The van der Waals surface area contributed by atoms with Gasteiger partial charge >= 0.3 is 0 Å². The summed E-state index contributed by atoms with van der Waals surface area (Å²) in [7, 11) is 0. The van der Waals surface area contributed by atoms with Gasteiger partial charge in [-0.05, 0) is 40.9 Å². The lowest BCUT2D eigenvalue weighted by molar-refractivity contribution is 0.754. The number of nitrogens with one attached hydrogen (secondary N) is 3. The van der Waals surface area contributed by atoms with Gasteiger partial charge < -0.3 is 27.4 Å². The Morgan fingerprint density at radius 2 is 1.77 bits per heavy atom. The molecule has 0 amide bonds. The molecule has 1 aliphatic rings. The summed E-state index contributed by atoms with van der Waals surface area (Å²) in [5, 5.41) is 11.9. The first-order valence-electron chi connectivity index (χ1n) is 7.62. The Bertz CT molecular complexity index is 790. The van der Waals surface area contributed by atoms with Crippen LogP contribution in [-0.2, 0) is 0 Å². The fourth-order valence-electron chi connectivity index (χ4n) is 2.93. The lowest BCUT2D eigenvalue weighted by Gasteiger charge is -2.18. The van der Waals surface area contributed by atoms with E-state index in [4.69, 9.17) is 5.41 Å². The second-order valence-corrected chi connectivity index (χ2v) is 7.13. The predicted octanol–water partition coefficient (Wildman–Crippen LogP) is 2.71. The molecule has 0 aliphatic heterocycles. The second-order valence-electron chi connectivity index (χ2n) is 5.76. The van der Waals surface area contributed by atoms with Crippen LogP contribution in [0.4, 0.5) is 5.69 Å². The summed E-state index contributed by atoms with van der Waals surface area (Å²) in [6.45, 7) is 0. The Morgan fingerprint density at radius 1 is 1.19 bits per heavy atom. The summed E-state index contributed by atoms with van der Waals surface area (Å²) in [4.78, 5) is 15.9. The maximum absolute atomic E-state index is 12.4. The molecule has 3 rings (SSSR count). The van der Waals surface area contributed by atoms with Crippen molar-refractivity contribution >= 4 is 40.0 Å². The van der Waals surface area contributed by atoms with Crippen LogP contribution < -0.4 is 17.0 Å². The van der Waals surface area contributed by atoms with E-state index in [1.165, 1.54) is 12.8 Å². The molecule has 9 heteroatoms. The molecule has 0 unspecified atom stereocenters. The fraction of sp³-hybridized carbons (Fsp3) is 0.294. The Hall–Kier alpha value is -1.65. The molecule has 1 aromatic carbocycles. The van der Waals surface area contributed by atoms with Crippen molar-refractivity contribution < 1.29 is 11.0 Å². The van der Waals surface area contributed by atoms with E-state index in [0.717, 1.165) is 22.2 Å². The van der Waals surface area contributed by atoms with Gasteiger partial charge in [-0.15, -0.1) is 12.6 Å². The van der Waals surface area contributed by atoms with Gasteiger partial charge in [0.25, 0.3) is 5.56 Å². The van der Waals surface area contributed by atoms with E-state index >= 15 is 0 Å². The summed E-state index contributed by atoms with van der Waals surface area (Å²) in [5.41, 5.74) is 1.73. The van der Waals surface area contributed by atoms with Crippen LogP contribution in [-0.4, -0.2) is 27.7 Å². The van der Waals surface area contributed by atoms with Crippen molar-refractivity contribution in [3.63, 3.8) is 0 Å². The first-order valence-corrected chi connectivity index (χ1v) is 8.86. The van der Waals surface area contributed by atoms with E-state index in [-0.39, 0.29) is 28.4 Å². The first-order chi connectivity index (χ1) is 11.1. The van der Waals surface area contributed by atoms with Crippen LogP contribution in [0.5, 0.6) is 0 Å². The SMILES string of the molecule is N.N=C(c1ccc(S)cc1)c1c(NC2CCCC2)c(Br)c[nH]c1=O.O.O. The summed E-state index contributed by atoms with van der Waals surface area (Å²) >= 11 is 7.76. The number of benzene rings is 1. The predicted molar refractivity (Wildman–Crippen MR) is 113 cm³/mol. The van der Waals surface area contributed by atoms with E-state index in [1.807, 2.05) is 24.3 Å². The normalized spacial score (nSPS) is 13.2. The van der Waals surface area contributed by atoms with Crippen LogP contribution in [0.2, 0.25) is 0 Å². The molecule has 0 saturated heterocycles. The molecule has 1 aliphatic carbocycles. The first kappa shape index (κ1) is 24.4. The third kappa shape index (κ3) is 5.18. The molecule has 0 spiro atoms. The minimum Gasteiger partial charge on any atom is -0.412 e. The zero-order valence-electron chi connectivity index (χ0n) is 14.2. The molecule has 0 bridgehead atoms. The lowest BCUT2D eigenvalue weighted by atomic mass is 10.0. The van der Waals surface area contributed by atoms with Crippen molar-refractivity contribution in [2.75, 3.05) is 5.32 Å². The summed E-state index contributed by atoms with van der Waals surface area (Å²) in [6.07, 6.45) is 6.23. The van der Waals surface area contributed by atoms with Crippen molar-refractivity contribution in [3.8, 4) is 0 Å². The highest BCUT2D eigenvalue weighted by Gasteiger charge is 2.21. The number of pyridine rings is 1. The average Bonchev–Trinajstić information content (AvgIpc) is 3.04. The van der Waals surface area contributed by atoms with Gasteiger partial charge in [0.15, 0.2) is 0 Å². The maximum Gasteiger partial charge on any atom is 0.259 e. The van der Waals surface area contributed by atoms with Gasteiger partial charge in [-0.25, -0.2) is 0 Å². The zero-order valence-corrected chi connectivity index (χ0v) is 16.7. The molecule has 7 nitrogen and oxygen atoms in total. The van der Waals surface area contributed by atoms with Crippen molar-refractivity contribution in [1.82, 2.24) is 11.1 Å². The number of aromatic nitrogens is 1. The maximum atomic E-state index is 12.4. The largest absolute Gasteiger partial charge is 0.412 e. The standard InChI is InChI=1S/C17H18BrN3OS.H3N.2H2O/c18-13-9-20-17(22)14(16(13)21-11-3-1-2-4-11)15(19)10-5-7-12(23)8-6-10;;;/h5-9,11,19,23H,1-4H2,(H2,20,21,22);1H3;2*1H2. The molecule has 0 atom stereocenters. The average molecular weight is 445 g/mol. The fourth-order valence-corrected chi connectivity index (χ4v) is 3.51. The molecule has 144 valence electrons. The van der Waals surface area contributed by atoms with Gasteiger partial charge in [-0.2, -0.15) is 0 Å². The Morgan fingerprint density at radius 3 is 2.35 bits per heavy atom. The molecule has 2 aromatic rings. The molecular weight excluding hydrogens is 420 g/mol. The summed E-state index contributed by atoms with van der Waals surface area (Å²) in [6, 6.07) is 7.63. The van der Waals surface area contributed by atoms with Gasteiger partial charge in [-0.1, -0.05) is 25.0 Å². The Labute approximate surface area is 165 Å². The third-order valence-electron chi connectivity index (χ3n) is 4.16. The molecule has 10 N–H and O–H groups in total. The molecule has 26 heavy (non-hydrogen) atoms. The van der Waals surface area contributed by atoms with Crippen LogP contribution in [0.3, 0.4) is 0 Å². The molecule has 1 aromatic heterocycles. The van der Waals surface area contributed by atoms with Gasteiger partial charge in [0, 0.05) is 22.7 Å². The number of thiol groups is 1. The smallest absolute Gasteiger partial charge is 0.259 e. The van der Waals surface area contributed by atoms with Crippen molar-refractivity contribution in [2.24, 2.45) is 0 Å². The quantitative estimate of drug-likeness (QED) is 0.361. The molecule has 1 fully saturated rings. The van der Waals surface area contributed by atoms with Crippen LogP contribution in [0.25, 0.3) is 0 Å². The number of aromatic amines is 1. The van der Waals surface area contributed by atoms with E-state index in [9.17, 15) is 4.79 Å². The van der Waals surface area contributed by atoms with E-state index in [0.29, 0.717) is 22.9 Å². The topological polar surface area (TPSA) is 167 Å². The highest BCUT2D eigenvalue weighted by Crippen LogP contribution is 2.29. The minimum absolute atomic E-state index is 0. The number of rotatable bonds is 4. The lowest BCUT2D eigenvalue weighted by Crippen LogP contribution is -2.25. The van der Waals surface area contributed by atoms with Gasteiger partial charge in [0.1, 0.15) is 0 Å². The van der Waals surface area contributed by atoms with Gasteiger partial charge in [0.2, 0.25) is 0 Å². The highest BCUT2D eigenvalue weighted by molar-refractivity contribution is 9.10. The third-order valence-corrected chi connectivity index (χ3v) is 5.08. The van der Waals surface area contributed by atoms with E-state index in [1.54, 1.807) is 6.20 Å². The van der Waals surface area contributed by atoms with Crippen molar-refractivity contribution in [1.29, 1.82) is 5.41 Å². The van der Waals surface area contributed by atoms with Crippen LogP contribution in [0.15, 0.2) is 44.6 Å². The molecular formula is C17H25BrN4O3S. The monoisotopic (exact) mass is 444 g/mol. The number of H-pyrrole nitrogens is 1. The molecule has 1 saturated carbocycles. The Kier molecular flexibility index (Phi) is 9.82.